The van der Waals surface area contributed by atoms with Crippen LogP contribution in [0.15, 0.2) is 89.0 Å². The van der Waals surface area contributed by atoms with E-state index in [1.807, 2.05) is 25.1 Å². The van der Waals surface area contributed by atoms with Gasteiger partial charge in [0.1, 0.15) is 13.2 Å². The van der Waals surface area contributed by atoms with Gasteiger partial charge in [0.05, 0.1) is 10.6 Å². The molecule has 1 aliphatic heterocycles. The molecule has 0 N–H and O–H groups in total. The molecule has 9 heteroatoms. The molecule has 3 rings (SSSR count). The maximum Gasteiger partial charge on any atom is 0.350 e. The number of rotatable bonds is 8. The van der Waals surface area contributed by atoms with Crippen molar-refractivity contribution in [3.63, 3.8) is 0 Å². The van der Waals surface area contributed by atoms with Crippen molar-refractivity contribution < 1.29 is 32.2 Å². The zero-order valence-electron chi connectivity index (χ0n) is 18.2. The lowest BCUT2D eigenvalue weighted by molar-refractivity contribution is -0.146. The van der Waals surface area contributed by atoms with Gasteiger partial charge in [0.15, 0.2) is 16.5 Å². The Kier molecular flexibility index (Phi) is 7.34. The number of carbonyl (C=O) groups excluding carboxylic acids is 2. The predicted octanol–water partition coefficient (Wildman–Crippen LogP) is 3.30. The molecular formula is C24H23NO7S. The number of fused-ring (bicyclic) bond motifs is 1. The molecule has 1 aliphatic rings. The van der Waals surface area contributed by atoms with Gasteiger partial charge in [0.2, 0.25) is 9.84 Å². The Balaban J connectivity index is 1.90. The molecule has 1 heterocycles. The highest BCUT2D eigenvalue weighted by atomic mass is 32.2. The van der Waals surface area contributed by atoms with Gasteiger partial charge in [-0.3, -0.25) is 0 Å². The molecule has 2 aromatic rings. The van der Waals surface area contributed by atoms with Gasteiger partial charge in [-0.05, 0) is 37.3 Å². The fourth-order valence-electron chi connectivity index (χ4n) is 2.93. The van der Waals surface area contributed by atoms with Crippen LogP contribution in [0, 0.1) is 6.92 Å². The number of sulfone groups is 1. The molecule has 0 saturated carbocycles. The predicted molar refractivity (Wildman–Crippen MR) is 122 cm³/mol. The zero-order valence-corrected chi connectivity index (χ0v) is 19.0. The summed E-state index contributed by atoms with van der Waals surface area (Å²) in [6.07, 6.45) is 3.50. The van der Waals surface area contributed by atoms with Crippen molar-refractivity contribution in [2.24, 2.45) is 0 Å². The highest BCUT2D eigenvalue weighted by molar-refractivity contribution is 7.96. The summed E-state index contributed by atoms with van der Waals surface area (Å²) in [4.78, 5) is 24.9. The van der Waals surface area contributed by atoms with Crippen molar-refractivity contribution in [2.75, 3.05) is 25.2 Å². The Morgan fingerprint density at radius 3 is 2.39 bits per heavy atom. The summed E-state index contributed by atoms with van der Waals surface area (Å²) in [5, 5.41) is 0. The number of para-hydroxylation sites is 2. The molecule has 33 heavy (non-hydrogen) atoms. The Morgan fingerprint density at radius 1 is 1.06 bits per heavy atom. The quantitative estimate of drug-likeness (QED) is 0.330. The zero-order chi connectivity index (χ0) is 24.0. The average molecular weight is 470 g/mol. The molecule has 0 bridgehead atoms. The molecule has 172 valence electrons. The molecule has 2 aromatic carbocycles. The fraction of sp³-hybridized carbons (Fsp3) is 0.167. The van der Waals surface area contributed by atoms with E-state index in [2.05, 4.69) is 6.58 Å². The second-order valence-corrected chi connectivity index (χ2v) is 8.91. The van der Waals surface area contributed by atoms with Crippen LogP contribution in [0.2, 0.25) is 0 Å². The summed E-state index contributed by atoms with van der Waals surface area (Å²) in [6, 6.07) is 13.4. The number of allylic oxidation sites excluding steroid dienone is 2. The lowest BCUT2D eigenvalue weighted by Gasteiger charge is -2.12. The molecule has 0 radical (unpaired) electrons. The number of anilines is 1. The first-order valence-corrected chi connectivity index (χ1v) is 11.4. The standard InChI is InChI=1S/C24H23NO7S/c1-4-23(26)30-15-16-31-24(27)21(33(28,29)18-11-9-17(2)10-12-18)13-14-22-25(3)19-7-5-6-8-20(19)32-22/h4-14H,1,15-16H2,2-3H3/b21-13-,22-14-. The third kappa shape index (κ3) is 5.50. The summed E-state index contributed by atoms with van der Waals surface area (Å²) in [5.74, 6) is -0.824. The number of hydrogen-bond donors (Lipinski definition) is 0. The molecule has 0 saturated heterocycles. The summed E-state index contributed by atoms with van der Waals surface area (Å²) in [7, 11) is -2.45. The van der Waals surface area contributed by atoms with E-state index in [0.717, 1.165) is 23.4 Å². The Bertz CT molecular complexity index is 1230. The van der Waals surface area contributed by atoms with Crippen molar-refractivity contribution in [3.05, 3.63) is 89.7 Å². The van der Waals surface area contributed by atoms with Crippen molar-refractivity contribution in [3.8, 4) is 5.75 Å². The van der Waals surface area contributed by atoms with Crippen LogP contribution in [0.25, 0.3) is 0 Å². The van der Waals surface area contributed by atoms with Gasteiger partial charge in [-0.2, -0.15) is 0 Å². The van der Waals surface area contributed by atoms with Crippen molar-refractivity contribution in [2.45, 2.75) is 11.8 Å². The van der Waals surface area contributed by atoms with Gasteiger partial charge in [-0.1, -0.05) is 36.4 Å². The first kappa shape index (κ1) is 23.8. The monoisotopic (exact) mass is 469 g/mol. The minimum Gasteiger partial charge on any atom is -0.459 e. The molecule has 0 aromatic heterocycles. The van der Waals surface area contributed by atoms with Crippen LogP contribution in [-0.2, 0) is 28.9 Å². The minimum absolute atomic E-state index is 0.0585. The molecule has 0 aliphatic carbocycles. The van der Waals surface area contributed by atoms with Crippen LogP contribution in [0.1, 0.15) is 5.56 Å². The van der Waals surface area contributed by atoms with E-state index < -0.39 is 26.7 Å². The van der Waals surface area contributed by atoms with E-state index >= 15 is 0 Å². The highest BCUT2D eigenvalue weighted by Crippen LogP contribution is 2.37. The second-order valence-electron chi connectivity index (χ2n) is 6.99. The Morgan fingerprint density at radius 2 is 1.73 bits per heavy atom. The van der Waals surface area contributed by atoms with Crippen molar-refractivity contribution >= 4 is 27.5 Å². The Hall–Kier alpha value is -3.85. The van der Waals surface area contributed by atoms with E-state index in [-0.39, 0.29) is 18.1 Å². The molecular weight excluding hydrogens is 446 g/mol. The maximum absolute atomic E-state index is 13.2. The third-order valence-corrected chi connectivity index (χ3v) is 6.47. The first-order valence-electron chi connectivity index (χ1n) is 9.94. The van der Waals surface area contributed by atoms with Crippen LogP contribution in [0.5, 0.6) is 5.75 Å². The van der Waals surface area contributed by atoms with E-state index in [0.29, 0.717) is 11.6 Å². The number of hydrogen-bond acceptors (Lipinski definition) is 8. The van der Waals surface area contributed by atoms with E-state index in [1.165, 1.54) is 18.2 Å². The largest absolute Gasteiger partial charge is 0.459 e. The number of benzene rings is 2. The van der Waals surface area contributed by atoms with E-state index in [4.69, 9.17) is 14.2 Å². The minimum atomic E-state index is -4.21. The van der Waals surface area contributed by atoms with Crippen LogP contribution in [-0.4, -0.2) is 40.6 Å². The Labute approximate surface area is 192 Å². The third-order valence-electron chi connectivity index (χ3n) is 4.70. The van der Waals surface area contributed by atoms with Gasteiger partial charge < -0.3 is 19.1 Å². The summed E-state index contributed by atoms with van der Waals surface area (Å²) in [6.45, 7) is 4.52. The smallest absolute Gasteiger partial charge is 0.350 e. The van der Waals surface area contributed by atoms with Crippen LogP contribution in [0.3, 0.4) is 0 Å². The summed E-state index contributed by atoms with van der Waals surface area (Å²) < 4.78 is 42.0. The SMILES string of the molecule is C=CC(=O)OCCOC(=O)/C(=C/C=C1\Oc2ccccc2N1C)S(=O)(=O)c1ccc(C)cc1. The summed E-state index contributed by atoms with van der Waals surface area (Å²) >= 11 is 0. The van der Waals surface area contributed by atoms with Gasteiger partial charge >= 0.3 is 11.9 Å². The normalized spacial score (nSPS) is 14.4. The van der Waals surface area contributed by atoms with E-state index in [1.54, 1.807) is 30.1 Å². The average Bonchev–Trinajstić information content (AvgIpc) is 3.12. The lowest BCUT2D eigenvalue weighted by atomic mass is 10.2. The number of carbonyl (C=O) groups is 2. The van der Waals surface area contributed by atoms with Crippen LogP contribution in [0.4, 0.5) is 5.69 Å². The van der Waals surface area contributed by atoms with Gasteiger partial charge in [0, 0.05) is 19.2 Å². The van der Waals surface area contributed by atoms with Crippen LogP contribution >= 0.6 is 0 Å². The van der Waals surface area contributed by atoms with Crippen molar-refractivity contribution in [1.82, 2.24) is 0 Å². The molecule has 0 amide bonds. The van der Waals surface area contributed by atoms with Crippen molar-refractivity contribution in [1.29, 1.82) is 0 Å². The number of aryl methyl sites for hydroxylation is 1. The topological polar surface area (TPSA) is 99.2 Å². The number of nitrogens with zero attached hydrogens (tertiary/aromatic N) is 1. The van der Waals surface area contributed by atoms with Gasteiger partial charge in [-0.25, -0.2) is 18.0 Å². The molecule has 0 atom stereocenters. The number of ether oxygens (including phenoxy) is 3. The maximum atomic E-state index is 13.2. The molecule has 0 fully saturated rings. The van der Waals surface area contributed by atoms with E-state index in [9.17, 15) is 18.0 Å². The molecule has 0 unspecified atom stereocenters. The molecule has 8 nitrogen and oxygen atoms in total. The first-order chi connectivity index (χ1) is 15.7. The fourth-order valence-corrected chi connectivity index (χ4v) is 4.21. The molecule has 0 spiro atoms. The van der Waals surface area contributed by atoms with Gasteiger partial charge in [-0.15, -0.1) is 0 Å². The van der Waals surface area contributed by atoms with Gasteiger partial charge in [0.25, 0.3) is 0 Å². The highest BCUT2D eigenvalue weighted by Gasteiger charge is 2.29. The second kappa shape index (κ2) is 10.2. The van der Waals surface area contributed by atoms with Crippen LogP contribution < -0.4 is 9.64 Å². The number of esters is 2. The lowest BCUT2D eigenvalue weighted by Crippen LogP contribution is -2.20. The summed E-state index contributed by atoms with van der Waals surface area (Å²) in [5.41, 5.74) is 1.67.